The van der Waals surface area contributed by atoms with Gasteiger partial charge >= 0.3 is 7.12 Å². The molecule has 2 heterocycles. The molecular weight excluding hydrogens is 280 g/mol. The van der Waals surface area contributed by atoms with Crippen molar-refractivity contribution < 1.29 is 13.7 Å². The van der Waals surface area contributed by atoms with E-state index >= 15 is 0 Å². The van der Waals surface area contributed by atoms with E-state index in [1.807, 2.05) is 39.8 Å². The van der Waals surface area contributed by atoms with Gasteiger partial charge in [-0.3, -0.25) is 4.98 Å². The molecule has 3 nitrogen and oxygen atoms in total. The van der Waals surface area contributed by atoms with Crippen molar-refractivity contribution in [1.82, 2.24) is 4.98 Å². The summed E-state index contributed by atoms with van der Waals surface area (Å²) in [5, 5.41) is 0. The van der Waals surface area contributed by atoms with Crippen LogP contribution in [-0.2, 0) is 9.31 Å². The molecule has 1 aliphatic rings. The first-order valence-electron chi connectivity index (χ1n) is 7.36. The molecule has 0 bridgehead atoms. The molecule has 0 unspecified atom stereocenters. The molecular formula is C17H19BFNO2. The van der Waals surface area contributed by atoms with Gasteiger partial charge in [0.25, 0.3) is 0 Å². The summed E-state index contributed by atoms with van der Waals surface area (Å²) < 4.78 is 26.8. The Morgan fingerprint density at radius 1 is 1.00 bits per heavy atom. The van der Waals surface area contributed by atoms with E-state index in [-0.39, 0.29) is 5.82 Å². The van der Waals surface area contributed by atoms with Crippen molar-refractivity contribution in [3.05, 3.63) is 48.5 Å². The Hall–Kier alpha value is -1.72. The Kier molecular flexibility index (Phi) is 3.58. The minimum absolute atomic E-state index is 0.325. The van der Waals surface area contributed by atoms with Crippen molar-refractivity contribution in [3.8, 4) is 11.1 Å². The van der Waals surface area contributed by atoms with E-state index in [9.17, 15) is 4.39 Å². The van der Waals surface area contributed by atoms with E-state index < -0.39 is 18.3 Å². The van der Waals surface area contributed by atoms with Crippen molar-refractivity contribution >= 4 is 12.6 Å². The summed E-state index contributed by atoms with van der Waals surface area (Å²) in [6.07, 6.45) is 3.31. The Morgan fingerprint density at radius 3 is 2.27 bits per heavy atom. The Bertz CT molecular complexity index is 672. The Labute approximate surface area is 130 Å². The van der Waals surface area contributed by atoms with Crippen LogP contribution < -0.4 is 5.46 Å². The predicted octanol–water partition coefficient (Wildman–Crippen LogP) is 3.19. The average Bonchev–Trinajstić information content (AvgIpc) is 2.68. The molecule has 5 heteroatoms. The highest BCUT2D eigenvalue weighted by Crippen LogP contribution is 2.37. The van der Waals surface area contributed by atoms with Crippen LogP contribution in [0.5, 0.6) is 0 Å². The molecule has 22 heavy (non-hydrogen) atoms. The maximum atomic E-state index is 14.9. The number of halogens is 1. The van der Waals surface area contributed by atoms with Crippen molar-refractivity contribution in [1.29, 1.82) is 0 Å². The fourth-order valence-electron chi connectivity index (χ4n) is 2.45. The van der Waals surface area contributed by atoms with Crippen LogP contribution >= 0.6 is 0 Å². The lowest BCUT2D eigenvalue weighted by atomic mass is 9.77. The van der Waals surface area contributed by atoms with Gasteiger partial charge in [0.05, 0.1) is 11.2 Å². The molecule has 3 rings (SSSR count). The Balaban J connectivity index is 2.01. The highest BCUT2D eigenvalue weighted by molar-refractivity contribution is 6.62. The van der Waals surface area contributed by atoms with Crippen LogP contribution in [0.4, 0.5) is 4.39 Å². The van der Waals surface area contributed by atoms with Crippen LogP contribution in [0, 0.1) is 5.82 Å². The molecule has 0 amide bonds. The normalized spacial score (nSPS) is 19.4. The van der Waals surface area contributed by atoms with Crippen LogP contribution in [0.15, 0.2) is 42.7 Å². The van der Waals surface area contributed by atoms with Gasteiger partial charge in [0, 0.05) is 29.0 Å². The van der Waals surface area contributed by atoms with Crippen LogP contribution in [0.3, 0.4) is 0 Å². The number of aromatic nitrogens is 1. The van der Waals surface area contributed by atoms with E-state index in [1.165, 1.54) is 0 Å². The first-order valence-corrected chi connectivity index (χ1v) is 7.36. The van der Waals surface area contributed by atoms with Gasteiger partial charge in [-0.25, -0.2) is 4.39 Å². The maximum absolute atomic E-state index is 14.9. The van der Waals surface area contributed by atoms with E-state index in [1.54, 1.807) is 30.6 Å². The monoisotopic (exact) mass is 299 g/mol. The quantitative estimate of drug-likeness (QED) is 0.798. The molecule has 0 N–H and O–H groups in total. The summed E-state index contributed by atoms with van der Waals surface area (Å²) in [7, 11) is -0.707. The maximum Gasteiger partial charge on any atom is 0.497 e. The SMILES string of the molecule is CC1(C)OB(c2cccc(-c3cccnc3)c2F)OC1(C)C. The van der Waals surface area contributed by atoms with Gasteiger partial charge in [0.2, 0.25) is 0 Å². The van der Waals surface area contributed by atoms with Crippen molar-refractivity contribution in [2.24, 2.45) is 0 Å². The number of hydrogen-bond donors (Lipinski definition) is 0. The molecule has 1 fully saturated rings. The predicted molar refractivity (Wildman–Crippen MR) is 85.3 cm³/mol. The lowest BCUT2D eigenvalue weighted by molar-refractivity contribution is 0.00578. The van der Waals surface area contributed by atoms with Crippen molar-refractivity contribution in [2.75, 3.05) is 0 Å². The first kappa shape index (κ1) is 15.2. The number of rotatable bonds is 2. The molecule has 0 aliphatic carbocycles. The molecule has 2 aromatic rings. The second-order valence-electron chi connectivity index (χ2n) is 6.54. The summed E-state index contributed by atoms with van der Waals surface area (Å²) in [6.45, 7) is 7.82. The van der Waals surface area contributed by atoms with E-state index in [0.29, 0.717) is 11.0 Å². The molecule has 1 aliphatic heterocycles. The lowest BCUT2D eigenvalue weighted by Gasteiger charge is -2.32. The van der Waals surface area contributed by atoms with Crippen LogP contribution in [0.1, 0.15) is 27.7 Å². The van der Waals surface area contributed by atoms with Crippen LogP contribution in [0.2, 0.25) is 0 Å². The molecule has 1 saturated heterocycles. The highest BCUT2D eigenvalue weighted by Gasteiger charge is 2.52. The zero-order chi connectivity index (χ0) is 16.0. The molecule has 0 radical (unpaired) electrons. The summed E-state index contributed by atoms with van der Waals surface area (Å²) in [5.74, 6) is -0.325. The topological polar surface area (TPSA) is 31.4 Å². The van der Waals surface area contributed by atoms with Crippen molar-refractivity contribution in [3.63, 3.8) is 0 Å². The van der Waals surface area contributed by atoms with Gasteiger partial charge in [0.15, 0.2) is 0 Å². The molecule has 1 aromatic heterocycles. The summed E-state index contributed by atoms with van der Waals surface area (Å²) >= 11 is 0. The first-order chi connectivity index (χ1) is 10.3. The van der Waals surface area contributed by atoms with Gasteiger partial charge in [-0.1, -0.05) is 24.3 Å². The van der Waals surface area contributed by atoms with Gasteiger partial charge in [0.1, 0.15) is 5.82 Å². The van der Waals surface area contributed by atoms with E-state index in [0.717, 1.165) is 5.56 Å². The second kappa shape index (κ2) is 5.18. The zero-order valence-electron chi connectivity index (χ0n) is 13.3. The van der Waals surface area contributed by atoms with Gasteiger partial charge < -0.3 is 9.31 Å². The molecule has 0 atom stereocenters. The smallest absolute Gasteiger partial charge is 0.399 e. The second-order valence-corrected chi connectivity index (χ2v) is 6.54. The number of pyridine rings is 1. The summed E-state index contributed by atoms with van der Waals surface area (Å²) in [4.78, 5) is 4.05. The third-order valence-electron chi connectivity index (χ3n) is 4.51. The van der Waals surface area contributed by atoms with Crippen LogP contribution in [-0.4, -0.2) is 23.3 Å². The van der Waals surface area contributed by atoms with Crippen molar-refractivity contribution in [2.45, 2.75) is 38.9 Å². The minimum atomic E-state index is -0.707. The third-order valence-corrected chi connectivity index (χ3v) is 4.51. The Morgan fingerprint density at radius 2 is 1.68 bits per heavy atom. The largest absolute Gasteiger partial charge is 0.497 e. The van der Waals surface area contributed by atoms with E-state index in [2.05, 4.69) is 4.98 Å². The number of benzene rings is 1. The average molecular weight is 299 g/mol. The number of hydrogen-bond acceptors (Lipinski definition) is 3. The fraction of sp³-hybridized carbons (Fsp3) is 0.353. The molecule has 0 spiro atoms. The zero-order valence-corrected chi connectivity index (χ0v) is 13.3. The number of nitrogens with zero attached hydrogens (tertiary/aromatic N) is 1. The lowest BCUT2D eigenvalue weighted by Crippen LogP contribution is -2.41. The standard InChI is InChI=1S/C17H19BFNO2/c1-16(2)17(3,4)22-18(21-16)14-9-5-8-13(15(14)19)12-7-6-10-20-11-12/h5-11H,1-4H3. The molecule has 0 saturated carbocycles. The van der Waals surface area contributed by atoms with Gasteiger partial charge in [-0.15, -0.1) is 0 Å². The minimum Gasteiger partial charge on any atom is -0.399 e. The molecule has 114 valence electrons. The highest BCUT2D eigenvalue weighted by atomic mass is 19.1. The molecule has 1 aromatic carbocycles. The summed E-state index contributed by atoms with van der Waals surface area (Å²) in [5.41, 5.74) is 0.668. The summed E-state index contributed by atoms with van der Waals surface area (Å²) in [6, 6.07) is 8.87. The van der Waals surface area contributed by atoms with Gasteiger partial charge in [-0.05, 0) is 33.8 Å². The van der Waals surface area contributed by atoms with E-state index in [4.69, 9.17) is 9.31 Å². The van der Waals surface area contributed by atoms with Crippen LogP contribution in [0.25, 0.3) is 11.1 Å². The fourth-order valence-corrected chi connectivity index (χ4v) is 2.45. The van der Waals surface area contributed by atoms with Gasteiger partial charge in [-0.2, -0.15) is 0 Å². The third kappa shape index (κ3) is 2.44.